The minimum atomic E-state index is -1.77. The molecule has 69 heavy (non-hydrogen) atoms. The van der Waals surface area contributed by atoms with E-state index in [1.807, 2.05) is 36.4 Å². The van der Waals surface area contributed by atoms with Gasteiger partial charge in [0.1, 0.15) is 0 Å². The van der Waals surface area contributed by atoms with Crippen LogP contribution in [0.5, 0.6) is 0 Å². The maximum absolute atomic E-state index is 15.3. The zero-order valence-electron chi connectivity index (χ0n) is 41.5. The van der Waals surface area contributed by atoms with E-state index in [0.717, 1.165) is 201 Å². The standard InChI is InChI=1S/C60H81N3O6/c64-55(52-34-46(40-19-7-1-8-20-40)31-47(35-52)41-21-9-2-10-22-41)61-58(67)62(56(65)53-36-48(42-23-11-3-12-24-42)32-49(37-53)43-25-13-4-14-26-43)60(69)63(59(61)68)57(66)54-38-50(44-27-15-5-16-28-44)33-51(39-54)45-29-17-6-18-30-45/h31-45,55-57,64-66H,1-30H2. The van der Waals surface area contributed by atoms with Crippen LogP contribution in [0.2, 0.25) is 0 Å². The first-order valence-corrected chi connectivity index (χ1v) is 28.2. The van der Waals surface area contributed by atoms with Gasteiger partial charge in [0.15, 0.2) is 18.7 Å². The molecule has 3 N–H and O–H groups in total. The predicted octanol–water partition coefficient (Wildman–Crippen LogP) is 13.1. The van der Waals surface area contributed by atoms with Crippen LogP contribution >= 0.6 is 0 Å². The van der Waals surface area contributed by atoms with Gasteiger partial charge in [0, 0.05) is 16.7 Å². The molecule has 10 rings (SSSR count). The molecular formula is C60H81N3O6. The average Bonchev–Trinajstić information content (AvgIpc) is 3.41. The molecule has 9 heteroatoms. The Balaban J connectivity index is 1.15. The fourth-order valence-electron chi connectivity index (χ4n) is 14.3. The first kappa shape index (κ1) is 48.6. The Bertz CT molecular complexity index is 2140. The Morgan fingerprint density at radius 1 is 0.275 bits per heavy atom. The number of aliphatic hydroxyl groups is 3. The van der Waals surface area contributed by atoms with E-state index < -0.39 is 35.8 Å². The van der Waals surface area contributed by atoms with Crippen LogP contribution in [-0.2, 0) is 0 Å². The van der Waals surface area contributed by atoms with E-state index in [2.05, 4.69) is 18.2 Å². The van der Waals surface area contributed by atoms with Gasteiger partial charge in [-0.25, -0.2) is 28.1 Å². The molecule has 0 saturated heterocycles. The van der Waals surface area contributed by atoms with Gasteiger partial charge in [0.2, 0.25) is 0 Å². The monoisotopic (exact) mass is 940 g/mol. The van der Waals surface area contributed by atoms with Gasteiger partial charge in [0.05, 0.1) is 0 Å². The van der Waals surface area contributed by atoms with Gasteiger partial charge < -0.3 is 15.3 Å². The van der Waals surface area contributed by atoms with Gasteiger partial charge in [-0.05, 0) is 146 Å². The third kappa shape index (κ3) is 10.6. The van der Waals surface area contributed by atoms with E-state index >= 15 is 14.4 Å². The van der Waals surface area contributed by atoms with Crippen LogP contribution in [0.15, 0.2) is 69.0 Å². The Morgan fingerprint density at radius 3 is 0.594 bits per heavy atom. The van der Waals surface area contributed by atoms with Crippen molar-refractivity contribution in [3.05, 3.63) is 136 Å². The number of aliphatic hydroxyl groups excluding tert-OH is 3. The molecule has 3 aromatic carbocycles. The van der Waals surface area contributed by atoms with E-state index in [-0.39, 0.29) is 0 Å². The maximum atomic E-state index is 15.3. The maximum Gasteiger partial charge on any atom is 0.341 e. The van der Waals surface area contributed by atoms with E-state index in [1.54, 1.807) is 0 Å². The minimum Gasteiger partial charge on any atom is -0.369 e. The largest absolute Gasteiger partial charge is 0.369 e. The van der Waals surface area contributed by atoms with Crippen LogP contribution in [-0.4, -0.2) is 29.0 Å². The molecule has 1 aromatic heterocycles. The third-order valence-corrected chi connectivity index (χ3v) is 18.3. The van der Waals surface area contributed by atoms with E-state index in [1.165, 1.54) is 38.5 Å². The van der Waals surface area contributed by atoms with Crippen molar-refractivity contribution in [2.24, 2.45) is 0 Å². The first-order valence-electron chi connectivity index (χ1n) is 28.2. The Hall–Kier alpha value is -4.05. The van der Waals surface area contributed by atoms with Crippen LogP contribution in [0.25, 0.3) is 0 Å². The number of rotatable bonds is 12. The van der Waals surface area contributed by atoms with Crippen LogP contribution in [0.1, 0.15) is 297 Å². The molecular weight excluding hydrogens is 859 g/mol. The van der Waals surface area contributed by atoms with Crippen LogP contribution < -0.4 is 17.1 Å². The lowest BCUT2D eigenvalue weighted by molar-refractivity contribution is 0.0786. The third-order valence-electron chi connectivity index (χ3n) is 18.3. The highest BCUT2D eigenvalue weighted by Crippen LogP contribution is 2.43. The van der Waals surface area contributed by atoms with Crippen LogP contribution in [0, 0.1) is 0 Å². The number of nitrogens with zero attached hydrogens (tertiary/aromatic N) is 3. The van der Waals surface area contributed by atoms with Crippen molar-refractivity contribution in [1.29, 1.82) is 0 Å². The average molecular weight is 940 g/mol. The molecule has 0 spiro atoms. The fourth-order valence-corrected chi connectivity index (χ4v) is 14.3. The first-order chi connectivity index (χ1) is 33.7. The molecule has 0 amide bonds. The topological polar surface area (TPSA) is 127 Å². The molecule has 3 unspecified atom stereocenters. The summed E-state index contributed by atoms with van der Waals surface area (Å²) in [5, 5.41) is 38.3. The summed E-state index contributed by atoms with van der Waals surface area (Å²) in [6.07, 6.45) is 28.1. The van der Waals surface area contributed by atoms with E-state index in [4.69, 9.17) is 0 Å². The highest BCUT2D eigenvalue weighted by atomic mass is 16.3. The predicted molar refractivity (Wildman–Crippen MR) is 275 cm³/mol. The number of hydrogen-bond acceptors (Lipinski definition) is 6. The van der Waals surface area contributed by atoms with Crippen molar-refractivity contribution in [1.82, 2.24) is 13.7 Å². The number of benzene rings is 3. The molecule has 0 bridgehead atoms. The smallest absolute Gasteiger partial charge is 0.341 e. The van der Waals surface area contributed by atoms with Crippen LogP contribution in [0.3, 0.4) is 0 Å². The summed E-state index contributed by atoms with van der Waals surface area (Å²) in [6, 6.07) is 18.8. The lowest BCUT2D eigenvalue weighted by Crippen LogP contribution is -2.57. The van der Waals surface area contributed by atoms with Gasteiger partial charge in [-0.3, -0.25) is 0 Å². The van der Waals surface area contributed by atoms with Crippen molar-refractivity contribution in [2.45, 2.75) is 247 Å². The van der Waals surface area contributed by atoms with Gasteiger partial charge in [-0.1, -0.05) is 170 Å². The highest BCUT2D eigenvalue weighted by molar-refractivity contribution is 5.39. The van der Waals surface area contributed by atoms with Gasteiger partial charge in [0.25, 0.3) is 0 Å². The molecule has 1 heterocycles. The Labute approximate surface area is 410 Å². The number of hydrogen-bond donors (Lipinski definition) is 3. The summed E-state index contributed by atoms with van der Waals surface area (Å²) in [4.78, 5) is 46.0. The van der Waals surface area contributed by atoms with Crippen molar-refractivity contribution in [3.8, 4) is 0 Å². The van der Waals surface area contributed by atoms with Gasteiger partial charge >= 0.3 is 17.1 Å². The lowest BCUT2D eigenvalue weighted by Gasteiger charge is -2.29. The summed E-state index contributed by atoms with van der Waals surface area (Å²) in [5.74, 6) is 1.85. The zero-order chi connectivity index (χ0) is 47.4. The quantitative estimate of drug-likeness (QED) is 0.130. The van der Waals surface area contributed by atoms with Crippen molar-refractivity contribution >= 4 is 0 Å². The molecule has 6 aliphatic rings. The molecule has 0 radical (unpaired) electrons. The summed E-state index contributed by atoms with van der Waals surface area (Å²) in [5.41, 5.74) is 4.76. The summed E-state index contributed by atoms with van der Waals surface area (Å²) in [6.45, 7) is 0. The number of aromatic nitrogens is 3. The molecule has 372 valence electrons. The molecule has 6 fully saturated rings. The molecule has 6 aliphatic carbocycles. The van der Waals surface area contributed by atoms with Crippen molar-refractivity contribution < 1.29 is 15.3 Å². The van der Waals surface area contributed by atoms with Gasteiger partial charge in [-0.15, -0.1) is 0 Å². The molecule has 6 saturated carbocycles. The second kappa shape index (κ2) is 22.2. The Kier molecular flexibility index (Phi) is 15.6. The van der Waals surface area contributed by atoms with Gasteiger partial charge in [-0.2, -0.15) is 0 Å². The fraction of sp³-hybridized carbons (Fsp3) is 0.650. The highest BCUT2D eigenvalue weighted by Gasteiger charge is 2.33. The van der Waals surface area contributed by atoms with E-state index in [0.29, 0.717) is 52.2 Å². The molecule has 3 atom stereocenters. The summed E-state index contributed by atoms with van der Waals surface area (Å²) in [7, 11) is 0. The normalized spacial score (nSPS) is 22.7. The minimum absolute atomic E-state index is 0.309. The molecule has 0 aliphatic heterocycles. The van der Waals surface area contributed by atoms with Crippen molar-refractivity contribution in [3.63, 3.8) is 0 Å². The summed E-state index contributed by atoms with van der Waals surface area (Å²) < 4.78 is 2.25. The second-order valence-electron chi connectivity index (χ2n) is 22.9. The molecule has 4 aromatic rings. The lowest BCUT2D eigenvalue weighted by atomic mass is 9.79. The summed E-state index contributed by atoms with van der Waals surface area (Å²) >= 11 is 0. The zero-order valence-corrected chi connectivity index (χ0v) is 41.5. The van der Waals surface area contributed by atoms with Crippen LogP contribution in [0.4, 0.5) is 0 Å². The Morgan fingerprint density at radius 2 is 0.435 bits per heavy atom. The SMILES string of the molecule is O=c1n(C(O)c2cc(C3CCCCC3)cc(C3CCCCC3)c2)c(=O)n(C(O)c2cc(C3CCCCC3)cc(C3CCCCC3)c2)c(=O)n1C(O)c1cc(C2CCCCC2)cc(C2CCCCC2)c1. The van der Waals surface area contributed by atoms with E-state index in [9.17, 15) is 15.3 Å². The van der Waals surface area contributed by atoms with Crippen molar-refractivity contribution in [2.75, 3.05) is 0 Å². The second-order valence-corrected chi connectivity index (χ2v) is 22.9. The molecule has 9 nitrogen and oxygen atoms in total.